The number of piperazine rings is 1. The van der Waals surface area contributed by atoms with Gasteiger partial charge in [-0.15, -0.1) is 0 Å². The number of rotatable bonds is 4. The molecule has 0 radical (unpaired) electrons. The molecule has 2 aromatic carbocycles. The fourth-order valence-electron chi connectivity index (χ4n) is 6.29. The first-order valence-corrected chi connectivity index (χ1v) is 13.3. The number of nitrogens with one attached hydrogen (secondary N) is 1. The number of nitrogens with zero attached hydrogens (tertiary/aromatic N) is 4. The SMILES string of the molecule is Cc1ccc(C2(c3ccc(N4CCc5cnc(N6CC(C)NC(C)C6)nc5C4)cc3)CCC2)cc1. The summed E-state index contributed by atoms with van der Waals surface area (Å²) in [6.45, 7) is 10.4. The Morgan fingerprint density at radius 2 is 1.54 bits per heavy atom. The van der Waals surface area contributed by atoms with Gasteiger partial charge in [0, 0.05) is 49.0 Å². The molecule has 0 spiro atoms. The van der Waals surface area contributed by atoms with Crippen LogP contribution in [0.5, 0.6) is 0 Å². The molecule has 182 valence electrons. The van der Waals surface area contributed by atoms with Gasteiger partial charge in [-0.3, -0.25) is 0 Å². The van der Waals surface area contributed by atoms with Crippen LogP contribution in [0.15, 0.2) is 54.7 Å². The molecule has 0 amide bonds. The molecule has 3 heterocycles. The molecule has 3 aliphatic rings. The summed E-state index contributed by atoms with van der Waals surface area (Å²) >= 11 is 0. The second kappa shape index (κ2) is 8.94. The van der Waals surface area contributed by atoms with Crippen LogP contribution in [0.1, 0.15) is 61.1 Å². The first-order chi connectivity index (χ1) is 17.0. The molecule has 0 bridgehead atoms. The number of aryl methyl sites for hydroxylation is 1. The summed E-state index contributed by atoms with van der Waals surface area (Å²) in [5.41, 5.74) is 8.22. The highest BCUT2D eigenvalue weighted by molar-refractivity contribution is 5.53. The zero-order valence-electron chi connectivity index (χ0n) is 21.3. The Morgan fingerprint density at radius 1 is 0.886 bits per heavy atom. The molecule has 1 N–H and O–H groups in total. The van der Waals surface area contributed by atoms with Crippen molar-refractivity contribution in [2.75, 3.05) is 29.4 Å². The van der Waals surface area contributed by atoms with Gasteiger partial charge in [-0.05, 0) is 68.9 Å². The van der Waals surface area contributed by atoms with Gasteiger partial charge in [0.05, 0.1) is 12.2 Å². The third-order valence-corrected chi connectivity index (χ3v) is 8.37. The van der Waals surface area contributed by atoms with E-state index in [1.165, 1.54) is 52.9 Å². The van der Waals surface area contributed by atoms with Gasteiger partial charge in [0.1, 0.15) is 0 Å². The zero-order valence-corrected chi connectivity index (χ0v) is 21.3. The Kier molecular flexibility index (Phi) is 5.76. The van der Waals surface area contributed by atoms with Crippen molar-refractivity contribution in [2.24, 2.45) is 0 Å². The summed E-state index contributed by atoms with van der Waals surface area (Å²) in [6, 6.07) is 19.5. The molecule has 1 aromatic heterocycles. The zero-order chi connectivity index (χ0) is 24.0. The minimum atomic E-state index is 0.195. The lowest BCUT2D eigenvalue weighted by Gasteiger charge is -2.43. The van der Waals surface area contributed by atoms with Gasteiger partial charge >= 0.3 is 0 Å². The molecule has 1 saturated carbocycles. The predicted octanol–water partition coefficient (Wildman–Crippen LogP) is 5.00. The average Bonchev–Trinajstić information content (AvgIpc) is 2.84. The molecule has 5 nitrogen and oxygen atoms in total. The Labute approximate surface area is 209 Å². The van der Waals surface area contributed by atoms with Crippen molar-refractivity contribution < 1.29 is 0 Å². The molecule has 2 atom stereocenters. The standard InChI is InChI=1S/C30H37N5/c1-21-5-7-25(8-6-21)30(14-4-15-30)26-9-11-27(12-10-26)34-16-13-24-17-31-29(33-28(24)20-34)35-18-22(2)32-23(3)19-35/h5-12,17,22-23,32H,4,13-16,18-20H2,1-3H3. The van der Waals surface area contributed by atoms with E-state index >= 15 is 0 Å². The minimum Gasteiger partial charge on any atom is -0.365 e. The minimum absolute atomic E-state index is 0.195. The fraction of sp³-hybridized carbons (Fsp3) is 0.467. The van der Waals surface area contributed by atoms with Gasteiger partial charge < -0.3 is 15.1 Å². The lowest BCUT2D eigenvalue weighted by Crippen LogP contribution is -2.54. The third kappa shape index (κ3) is 4.20. The molecule has 2 fully saturated rings. The topological polar surface area (TPSA) is 44.3 Å². The maximum atomic E-state index is 5.05. The van der Waals surface area contributed by atoms with Crippen LogP contribution < -0.4 is 15.1 Å². The summed E-state index contributed by atoms with van der Waals surface area (Å²) in [5.74, 6) is 0.881. The lowest BCUT2D eigenvalue weighted by molar-refractivity contribution is 0.301. The molecule has 1 saturated heterocycles. The van der Waals surface area contributed by atoms with Gasteiger partial charge in [-0.2, -0.15) is 0 Å². The summed E-state index contributed by atoms with van der Waals surface area (Å²) in [5, 5.41) is 3.60. The smallest absolute Gasteiger partial charge is 0.225 e. The largest absolute Gasteiger partial charge is 0.365 e. The number of fused-ring (bicyclic) bond motifs is 1. The van der Waals surface area contributed by atoms with E-state index in [-0.39, 0.29) is 5.41 Å². The quantitative estimate of drug-likeness (QED) is 0.585. The third-order valence-electron chi connectivity index (χ3n) is 8.37. The highest BCUT2D eigenvalue weighted by Crippen LogP contribution is 2.49. The Bertz CT molecular complexity index is 1170. The normalized spacial score (nSPS) is 23.5. The average molecular weight is 468 g/mol. The summed E-state index contributed by atoms with van der Waals surface area (Å²) in [4.78, 5) is 14.6. The van der Waals surface area contributed by atoms with Gasteiger partial charge in [0.2, 0.25) is 5.95 Å². The Balaban J connectivity index is 1.21. The molecule has 2 unspecified atom stereocenters. The fourth-order valence-corrected chi connectivity index (χ4v) is 6.29. The predicted molar refractivity (Wildman–Crippen MR) is 143 cm³/mol. The van der Waals surface area contributed by atoms with Crippen molar-refractivity contribution in [1.82, 2.24) is 15.3 Å². The van der Waals surface area contributed by atoms with E-state index in [1.54, 1.807) is 0 Å². The number of benzene rings is 2. The van der Waals surface area contributed by atoms with E-state index < -0.39 is 0 Å². The summed E-state index contributed by atoms with van der Waals surface area (Å²) in [7, 11) is 0. The van der Waals surface area contributed by atoms with Crippen LogP contribution in [0, 0.1) is 6.92 Å². The number of anilines is 2. The molecular weight excluding hydrogens is 430 g/mol. The monoisotopic (exact) mass is 467 g/mol. The maximum absolute atomic E-state index is 5.05. The van der Waals surface area contributed by atoms with Crippen molar-refractivity contribution in [3.63, 3.8) is 0 Å². The highest BCUT2D eigenvalue weighted by Gasteiger charge is 2.40. The van der Waals surface area contributed by atoms with Gasteiger partial charge in [0.25, 0.3) is 0 Å². The van der Waals surface area contributed by atoms with Crippen molar-refractivity contribution in [3.8, 4) is 0 Å². The van der Waals surface area contributed by atoms with Crippen LogP contribution in [0.25, 0.3) is 0 Å². The van der Waals surface area contributed by atoms with Crippen LogP contribution in [0.3, 0.4) is 0 Å². The van der Waals surface area contributed by atoms with Crippen molar-refractivity contribution >= 4 is 11.6 Å². The molecule has 35 heavy (non-hydrogen) atoms. The second-order valence-electron chi connectivity index (χ2n) is 11.0. The van der Waals surface area contributed by atoms with E-state index in [0.29, 0.717) is 12.1 Å². The van der Waals surface area contributed by atoms with E-state index in [4.69, 9.17) is 9.97 Å². The summed E-state index contributed by atoms with van der Waals surface area (Å²) < 4.78 is 0. The molecule has 5 heteroatoms. The Morgan fingerprint density at radius 3 is 2.17 bits per heavy atom. The van der Waals surface area contributed by atoms with Crippen LogP contribution >= 0.6 is 0 Å². The molecule has 2 aliphatic heterocycles. The lowest BCUT2D eigenvalue weighted by atomic mass is 9.60. The van der Waals surface area contributed by atoms with Crippen LogP contribution in [0.2, 0.25) is 0 Å². The van der Waals surface area contributed by atoms with Crippen molar-refractivity contribution in [2.45, 2.75) is 70.5 Å². The first-order valence-electron chi connectivity index (χ1n) is 13.3. The van der Waals surface area contributed by atoms with E-state index in [0.717, 1.165) is 38.5 Å². The first kappa shape index (κ1) is 22.5. The molecule has 3 aromatic rings. The van der Waals surface area contributed by atoms with E-state index in [1.807, 2.05) is 0 Å². The summed E-state index contributed by atoms with van der Waals surface area (Å²) in [6.07, 6.45) is 6.87. The number of hydrogen-bond donors (Lipinski definition) is 1. The van der Waals surface area contributed by atoms with Crippen molar-refractivity contribution in [3.05, 3.63) is 82.7 Å². The van der Waals surface area contributed by atoms with Gasteiger partial charge in [0.15, 0.2) is 0 Å². The van der Waals surface area contributed by atoms with Gasteiger partial charge in [-0.25, -0.2) is 9.97 Å². The van der Waals surface area contributed by atoms with Crippen LogP contribution in [-0.4, -0.2) is 41.7 Å². The number of aromatic nitrogens is 2. The maximum Gasteiger partial charge on any atom is 0.225 e. The Hall–Kier alpha value is -2.92. The highest BCUT2D eigenvalue weighted by atomic mass is 15.3. The van der Waals surface area contributed by atoms with E-state index in [2.05, 4.69) is 90.6 Å². The second-order valence-corrected chi connectivity index (χ2v) is 11.0. The number of hydrogen-bond acceptors (Lipinski definition) is 5. The van der Waals surface area contributed by atoms with Crippen molar-refractivity contribution in [1.29, 1.82) is 0 Å². The van der Waals surface area contributed by atoms with Crippen LogP contribution in [0.4, 0.5) is 11.6 Å². The molecular formula is C30H37N5. The van der Waals surface area contributed by atoms with Crippen LogP contribution in [-0.2, 0) is 18.4 Å². The van der Waals surface area contributed by atoms with E-state index in [9.17, 15) is 0 Å². The van der Waals surface area contributed by atoms with Gasteiger partial charge in [-0.1, -0.05) is 48.4 Å². The molecule has 1 aliphatic carbocycles. The molecule has 6 rings (SSSR count).